The van der Waals surface area contributed by atoms with Crippen LogP contribution in [0.3, 0.4) is 0 Å². The minimum absolute atomic E-state index is 0.00998. The van der Waals surface area contributed by atoms with E-state index in [1.807, 2.05) is 0 Å². The Labute approximate surface area is 106 Å². The van der Waals surface area contributed by atoms with Gasteiger partial charge in [-0.3, -0.25) is 4.79 Å². The second-order valence-corrected chi connectivity index (χ2v) is 5.19. The number of amides is 1. The van der Waals surface area contributed by atoms with E-state index >= 15 is 0 Å². The molecule has 18 heavy (non-hydrogen) atoms. The number of primary sulfonamides is 1. The molecule has 1 aromatic rings. The number of hydrogen-bond donors (Lipinski definition) is 1. The van der Waals surface area contributed by atoms with Crippen molar-refractivity contribution in [2.24, 2.45) is 5.14 Å². The van der Waals surface area contributed by atoms with E-state index in [9.17, 15) is 13.2 Å². The van der Waals surface area contributed by atoms with Crippen LogP contribution in [-0.4, -0.2) is 34.6 Å². The third kappa shape index (κ3) is 3.80. The zero-order chi connectivity index (χ0) is 13.8. The molecule has 1 aromatic carbocycles. The van der Waals surface area contributed by atoms with E-state index in [1.54, 1.807) is 14.0 Å². The lowest BCUT2D eigenvalue weighted by Gasteiger charge is -2.17. The summed E-state index contributed by atoms with van der Waals surface area (Å²) in [6, 6.07) is 5.75. The van der Waals surface area contributed by atoms with Crippen molar-refractivity contribution in [2.45, 2.75) is 11.8 Å². The average molecular weight is 272 g/mol. The Balaban J connectivity index is 2.82. The first-order chi connectivity index (χ1) is 8.36. The maximum absolute atomic E-state index is 11.6. The predicted octanol–water partition coefficient (Wildman–Crippen LogP) is 0.333. The van der Waals surface area contributed by atoms with E-state index in [-0.39, 0.29) is 17.4 Å². The molecule has 7 heteroatoms. The molecule has 0 heterocycles. The summed E-state index contributed by atoms with van der Waals surface area (Å²) in [7, 11) is -2.12. The van der Waals surface area contributed by atoms with Crippen molar-refractivity contribution < 1.29 is 17.9 Å². The lowest BCUT2D eigenvalue weighted by Crippen LogP contribution is -2.30. The maximum Gasteiger partial charge on any atom is 0.252 e. The summed E-state index contributed by atoms with van der Waals surface area (Å²) >= 11 is 0. The van der Waals surface area contributed by atoms with Crippen molar-refractivity contribution in [1.29, 1.82) is 0 Å². The Morgan fingerprint density at radius 3 is 2.33 bits per heavy atom. The van der Waals surface area contributed by atoms with E-state index < -0.39 is 10.0 Å². The average Bonchev–Trinajstić information content (AvgIpc) is 2.34. The number of likely N-dealkylation sites (N-methyl/N-ethyl adjacent to an activating group) is 1. The minimum atomic E-state index is -3.71. The van der Waals surface area contributed by atoms with Gasteiger partial charge in [0.15, 0.2) is 0 Å². The molecular formula is C11H16N2O4S. The number of rotatable bonds is 5. The van der Waals surface area contributed by atoms with E-state index in [2.05, 4.69) is 0 Å². The Morgan fingerprint density at radius 2 is 1.89 bits per heavy atom. The third-order valence-corrected chi connectivity index (χ3v) is 3.29. The van der Waals surface area contributed by atoms with Gasteiger partial charge in [-0.2, -0.15) is 0 Å². The van der Waals surface area contributed by atoms with E-state index in [4.69, 9.17) is 9.88 Å². The molecule has 2 N–H and O–H groups in total. The van der Waals surface area contributed by atoms with Gasteiger partial charge in [-0.05, 0) is 31.2 Å². The first kappa shape index (κ1) is 14.6. The summed E-state index contributed by atoms with van der Waals surface area (Å²) in [5, 5.41) is 4.98. The van der Waals surface area contributed by atoms with E-state index in [0.29, 0.717) is 12.3 Å². The normalized spacial score (nSPS) is 11.3. The summed E-state index contributed by atoms with van der Waals surface area (Å²) < 4.78 is 27.1. The highest BCUT2D eigenvalue weighted by atomic mass is 32.2. The van der Waals surface area contributed by atoms with Crippen LogP contribution >= 0.6 is 0 Å². The molecule has 0 saturated carbocycles. The Morgan fingerprint density at radius 1 is 1.33 bits per heavy atom. The summed E-state index contributed by atoms with van der Waals surface area (Å²) in [5.74, 6) is -0.208. The maximum atomic E-state index is 11.6. The van der Waals surface area contributed by atoms with Crippen LogP contribution in [0.15, 0.2) is 29.2 Å². The monoisotopic (exact) mass is 272 g/mol. The fourth-order valence-corrected chi connectivity index (χ4v) is 1.81. The highest BCUT2D eigenvalue weighted by molar-refractivity contribution is 7.89. The van der Waals surface area contributed by atoms with Gasteiger partial charge in [0.25, 0.3) is 5.91 Å². The molecule has 0 spiro atoms. The molecular weight excluding hydrogens is 256 g/mol. The second-order valence-electron chi connectivity index (χ2n) is 3.63. The van der Waals surface area contributed by atoms with Gasteiger partial charge in [-0.25, -0.2) is 13.6 Å². The standard InChI is InChI=1S/C11H16N2O4S/c1-3-17-8-11(14)13(2)9-4-6-10(7-5-9)18(12,15)16/h4-7H,3,8H2,1-2H3,(H2,12,15,16). The SMILES string of the molecule is CCOCC(=O)N(C)c1ccc(S(N)(=O)=O)cc1. The molecule has 0 aliphatic heterocycles. The predicted molar refractivity (Wildman–Crippen MR) is 67.7 cm³/mol. The summed E-state index contributed by atoms with van der Waals surface area (Å²) in [4.78, 5) is 13.0. The Bertz CT molecular complexity index is 510. The number of sulfonamides is 1. The molecule has 0 fully saturated rings. The van der Waals surface area contributed by atoms with Crippen LogP contribution in [-0.2, 0) is 19.6 Å². The van der Waals surface area contributed by atoms with Crippen LogP contribution in [0.5, 0.6) is 0 Å². The Hall–Kier alpha value is -1.44. The van der Waals surface area contributed by atoms with Crippen LogP contribution in [0.2, 0.25) is 0 Å². The molecule has 0 atom stereocenters. The lowest BCUT2D eigenvalue weighted by atomic mass is 10.3. The third-order valence-electron chi connectivity index (χ3n) is 2.36. The number of carbonyl (C=O) groups excluding carboxylic acids is 1. The van der Waals surface area contributed by atoms with Crippen LogP contribution in [0.25, 0.3) is 0 Å². The highest BCUT2D eigenvalue weighted by Crippen LogP contribution is 2.16. The first-order valence-corrected chi connectivity index (χ1v) is 6.88. The van der Waals surface area contributed by atoms with Crippen molar-refractivity contribution in [1.82, 2.24) is 0 Å². The quantitative estimate of drug-likeness (QED) is 0.836. The van der Waals surface area contributed by atoms with Gasteiger partial charge in [0, 0.05) is 19.3 Å². The number of nitrogens with zero attached hydrogens (tertiary/aromatic N) is 1. The molecule has 100 valence electrons. The number of anilines is 1. The molecule has 1 rings (SSSR count). The Kier molecular flexibility index (Phi) is 4.83. The smallest absolute Gasteiger partial charge is 0.252 e. The summed E-state index contributed by atoms with van der Waals surface area (Å²) in [6.45, 7) is 2.25. The van der Waals surface area contributed by atoms with Gasteiger partial charge in [0.05, 0.1) is 4.90 Å². The van der Waals surface area contributed by atoms with Gasteiger partial charge in [-0.15, -0.1) is 0 Å². The van der Waals surface area contributed by atoms with Crippen molar-refractivity contribution in [3.8, 4) is 0 Å². The summed E-state index contributed by atoms with van der Waals surface area (Å²) in [5.41, 5.74) is 0.576. The molecule has 0 aliphatic carbocycles. The van der Waals surface area contributed by atoms with E-state index in [1.165, 1.54) is 29.2 Å². The second kappa shape index (κ2) is 5.94. The summed E-state index contributed by atoms with van der Waals surface area (Å²) in [6.07, 6.45) is 0. The van der Waals surface area contributed by atoms with Crippen molar-refractivity contribution in [3.63, 3.8) is 0 Å². The van der Waals surface area contributed by atoms with Gasteiger partial charge >= 0.3 is 0 Å². The molecule has 6 nitrogen and oxygen atoms in total. The van der Waals surface area contributed by atoms with Crippen molar-refractivity contribution in [3.05, 3.63) is 24.3 Å². The topological polar surface area (TPSA) is 89.7 Å². The van der Waals surface area contributed by atoms with Crippen LogP contribution in [0.1, 0.15) is 6.92 Å². The zero-order valence-electron chi connectivity index (χ0n) is 10.3. The highest BCUT2D eigenvalue weighted by Gasteiger charge is 2.12. The fraction of sp³-hybridized carbons (Fsp3) is 0.364. The molecule has 0 aromatic heterocycles. The largest absolute Gasteiger partial charge is 0.372 e. The van der Waals surface area contributed by atoms with Crippen molar-refractivity contribution >= 4 is 21.6 Å². The van der Waals surface area contributed by atoms with E-state index in [0.717, 1.165) is 0 Å². The van der Waals surface area contributed by atoms with Gasteiger partial charge in [0.1, 0.15) is 6.61 Å². The molecule has 0 radical (unpaired) electrons. The molecule has 0 unspecified atom stereocenters. The van der Waals surface area contributed by atoms with Crippen LogP contribution in [0, 0.1) is 0 Å². The molecule has 0 aliphatic rings. The van der Waals surface area contributed by atoms with Gasteiger partial charge in [0.2, 0.25) is 10.0 Å². The lowest BCUT2D eigenvalue weighted by molar-refractivity contribution is -0.122. The minimum Gasteiger partial charge on any atom is -0.372 e. The van der Waals surface area contributed by atoms with Crippen LogP contribution < -0.4 is 10.0 Å². The fourth-order valence-electron chi connectivity index (χ4n) is 1.29. The first-order valence-electron chi connectivity index (χ1n) is 5.33. The number of hydrogen-bond acceptors (Lipinski definition) is 4. The molecule has 0 saturated heterocycles. The number of ether oxygens (including phenoxy) is 1. The number of nitrogens with two attached hydrogens (primary N) is 1. The van der Waals surface area contributed by atoms with Crippen molar-refractivity contribution in [2.75, 3.05) is 25.2 Å². The molecule has 1 amide bonds. The van der Waals surface area contributed by atoms with Gasteiger partial charge < -0.3 is 9.64 Å². The number of carbonyl (C=O) groups is 1. The molecule has 0 bridgehead atoms. The van der Waals surface area contributed by atoms with Gasteiger partial charge in [-0.1, -0.05) is 0 Å². The zero-order valence-corrected chi connectivity index (χ0v) is 11.1. The van der Waals surface area contributed by atoms with Crippen LogP contribution in [0.4, 0.5) is 5.69 Å². The number of benzene rings is 1.